The molecule has 4 heteroatoms. The lowest BCUT2D eigenvalue weighted by atomic mass is 10.2. The Bertz CT molecular complexity index is 389. The Hall–Kier alpha value is -1.16. The van der Waals surface area contributed by atoms with Gasteiger partial charge in [0.1, 0.15) is 12.1 Å². The van der Waals surface area contributed by atoms with Crippen molar-refractivity contribution in [3.63, 3.8) is 0 Å². The Kier molecular flexibility index (Phi) is 2.97. The first-order valence-electron chi connectivity index (χ1n) is 6.66. The van der Waals surface area contributed by atoms with E-state index < -0.39 is 0 Å². The van der Waals surface area contributed by atoms with Gasteiger partial charge in [-0.15, -0.1) is 0 Å². The summed E-state index contributed by atoms with van der Waals surface area (Å²) in [5.74, 6) is 0.986. The summed E-state index contributed by atoms with van der Waals surface area (Å²) in [6, 6.07) is 3.52. The molecule has 2 fully saturated rings. The standard InChI is InChI=1S/C13H20N4/c1-2-10-7-13(15-9-14-10)16-11-5-6-17(8-11)12-3-4-12/h7,9,11-12H,2-6,8H2,1H3,(H,14,15,16). The molecular weight excluding hydrogens is 212 g/mol. The van der Waals surface area contributed by atoms with Gasteiger partial charge < -0.3 is 5.32 Å². The van der Waals surface area contributed by atoms with Crippen LogP contribution in [0.3, 0.4) is 0 Å². The summed E-state index contributed by atoms with van der Waals surface area (Å²) >= 11 is 0. The molecule has 4 nitrogen and oxygen atoms in total. The maximum absolute atomic E-state index is 4.30. The molecule has 1 aromatic rings. The van der Waals surface area contributed by atoms with Crippen molar-refractivity contribution in [2.24, 2.45) is 0 Å². The third kappa shape index (κ3) is 2.57. The van der Waals surface area contributed by atoms with Crippen molar-refractivity contribution < 1.29 is 0 Å². The minimum atomic E-state index is 0.565. The Balaban J connectivity index is 1.59. The maximum Gasteiger partial charge on any atom is 0.129 e. The van der Waals surface area contributed by atoms with E-state index in [4.69, 9.17) is 0 Å². The van der Waals surface area contributed by atoms with Crippen molar-refractivity contribution in [3.8, 4) is 0 Å². The van der Waals surface area contributed by atoms with Gasteiger partial charge in [0.15, 0.2) is 0 Å². The van der Waals surface area contributed by atoms with E-state index in [1.165, 1.54) is 32.4 Å². The molecule has 2 heterocycles. The number of nitrogens with one attached hydrogen (secondary N) is 1. The Morgan fingerprint density at radius 3 is 3.00 bits per heavy atom. The lowest BCUT2D eigenvalue weighted by Gasteiger charge is -2.16. The van der Waals surface area contributed by atoms with Crippen LogP contribution in [0.4, 0.5) is 5.82 Å². The van der Waals surface area contributed by atoms with Crippen LogP contribution in [0.25, 0.3) is 0 Å². The predicted octanol–water partition coefficient (Wildman–Crippen LogP) is 1.69. The van der Waals surface area contributed by atoms with Crippen molar-refractivity contribution in [1.29, 1.82) is 0 Å². The van der Waals surface area contributed by atoms with Crippen LogP contribution in [0.5, 0.6) is 0 Å². The van der Waals surface area contributed by atoms with Crippen molar-refractivity contribution in [1.82, 2.24) is 14.9 Å². The third-order valence-corrected chi connectivity index (χ3v) is 3.72. The molecule has 1 saturated carbocycles. The molecule has 0 spiro atoms. The number of likely N-dealkylation sites (tertiary alicyclic amines) is 1. The highest BCUT2D eigenvalue weighted by atomic mass is 15.2. The summed E-state index contributed by atoms with van der Waals surface area (Å²) in [4.78, 5) is 11.1. The van der Waals surface area contributed by atoms with Crippen molar-refractivity contribution in [2.75, 3.05) is 18.4 Å². The van der Waals surface area contributed by atoms with Crippen LogP contribution in [0, 0.1) is 0 Å². The molecule has 0 amide bonds. The van der Waals surface area contributed by atoms with E-state index in [1.54, 1.807) is 6.33 Å². The van der Waals surface area contributed by atoms with Crippen LogP contribution in [-0.2, 0) is 6.42 Å². The molecule has 3 rings (SSSR count). The molecule has 1 unspecified atom stereocenters. The highest BCUT2D eigenvalue weighted by Crippen LogP contribution is 2.30. The first-order chi connectivity index (χ1) is 8.35. The fraction of sp³-hybridized carbons (Fsp3) is 0.692. The van der Waals surface area contributed by atoms with E-state index in [2.05, 4.69) is 33.2 Å². The van der Waals surface area contributed by atoms with Gasteiger partial charge in [0, 0.05) is 36.9 Å². The van der Waals surface area contributed by atoms with E-state index in [9.17, 15) is 0 Å². The van der Waals surface area contributed by atoms with Crippen LogP contribution in [0.15, 0.2) is 12.4 Å². The van der Waals surface area contributed by atoms with Crippen LogP contribution in [0.1, 0.15) is 31.9 Å². The molecule has 1 N–H and O–H groups in total. The van der Waals surface area contributed by atoms with Crippen molar-refractivity contribution in [2.45, 2.75) is 44.7 Å². The second kappa shape index (κ2) is 4.61. The molecular formula is C13H20N4. The monoisotopic (exact) mass is 232 g/mol. The average Bonchev–Trinajstić information content (AvgIpc) is 3.11. The SMILES string of the molecule is CCc1cc(NC2CCN(C3CC3)C2)ncn1. The summed E-state index contributed by atoms with van der Waals surface area (Å²) < 4.78 is 0. The molecule has 0 radical (unpaired) electrons. The fourth-order valence-corrected chi connectivity index (χ4v) is 2.56. The number of hydrogen-bond donors (Lipinski definition) is 1. The van der Waals surface area contributed by atoms with Gasteiger partial charge in [-0.25, -0.2) is 9.97 Å². The summed E-state index contributed by atoms with van der Waals surface area (Å²) in [6.07, 6.45) is 6.67. The number of rotatable bonds is 4. The second-order valence-electron chi connectivity index (χ2n) is 5.10. The molecule has 0 aromatic carbocycles. The quantitative estimate of drug-likeness (QED) is 0.857. The minimum Gasteiger partial charge on any atom is -0.366 e. The molecule has 17 heavy (non-hydrogen) atoms. The largest absolute Gasteiger partial charge is 0.366 e. The smallest absolute Gasteiger partial charge is 0.129 e. The van der Waals surface area contributed by atoms with Crippen molar-refractivity contribution in [3.05, 3.63) is 18.1 Å². The highest BCUT2D eigenvalue weighted by molar-refractivity contribution is 5.36. The van der Waals surface area contributed by atoms with Crippen LogP contribution >= 0.6 is 0 Å². The first kappa shape index (κ1) is 11.0. The molecule has 1 aromatic heterocycles. The molecule has 0 bridgehead atoms. The average molecular weight is 232 g/mol. The molecule has 1 saturated heterocycles. The maximum atomic E-state index is 4.30. The van der Waals surface area contributed by atoms with Gasteiger partial charge in [0.05, 0.1) is 0 Å². The Labute approximate surface area is 102 Å². The van der Waals surface area contributed by atoms with E-state index in [1.807, 2.05) is 0 Å². The van der Waals surface area contributed by atoms with E-state index >= 15 is 0 Å². The zero-order chi connectivity index (χ0) is 11.7. The summed E-state index contributed by atoms with van der Waals surface area (Å²) in [5, 5.41) is 3.54. The van der Waals surface area contributed by atoms with Gasteiger partial charge in [-0.05, 0) is 25.7 Å². The number of anilines is 1. The number of hydrogen-bond acceptors (Lipinski definition) is 4. The zero-order valence-corrected chi connectivity index (χ0v) is 10.4. The minimum absolute atomic E-state index is 0.565. The highest BCUT2D eigenvalue weighted by Gasteiger charge is 2.34. The van der Waals surface area contributed by atoms with Gasteiger partial charge in [-0.1, -0.05) is 6.92 Å². The Morgan fingerprint density at radius 1 is 1.35 bits per heavy atom. The third-order valence-electron chi connectivity index (χ3n) is 3.72. The number of aryl methyl sites for hydroxylation is 1. The summed E-state index contributed by atoms with van der Waals surface area (Å²) in [5.41, 5.74) is 1.11. The Morgan fingerprint density at radius 2 is 2.24 bits per heavy atom. The lowest BCUT2D eigenvalue weighted by molar-refractivity contribution is 0.326. The first-order valence-corrected chi connectivity index (χ1v) is 6.66. The number of nitrogens with zero attached hydrogens (tertiary/aromatic N) is 3. The van der Waals surface area contributed by atoms with Gasteiger partial charge in [-0.3, -0.25) is 4.90 Å². The molecule has 1 aliphatic carbocycles. The fourth-order valence-electron chi connectivity index (χ4n) is 2.56. The zero-order valence-electron chi connectivity index (χ0n) is 10.4. The second-order valence-corrected chi connectivity index (χ2v) is 5.10. The molecule has 92 valence electrons. The van der Waals surface area contributed by atoms with Crippen LogP contribution in [-0.4, -0.2) is 40.0 Å². The molecule has 1 atom stereocenters. The predicted molar refractivity (Wildman–Crippen MR) is 68.0 cm³/mol. The van der Waals surface area contributed by atoms with E-state index in [-0.39, 0.29) is 0 Å². The topological polar surface area (TPSA) is 41.0 Å². The normalized spacial score (nSPS) is 25.1. The van der Waals surface area contributed by atoms with Gasteiger partial charge in [0.2, 0.25) is 0 Å². The van der Waals surface area contributed by atoms with Gasteiger partial charge in [-0.2, -0.15) is 0 Å². The molecule has 1 aliphatic heterocycles. The van der Waals surface area contributed by atoms with Crippen molar-refractivity contribution >= 4 is 5.82 Å². The van der Waals surface area contributed by atoms with Gasteiger partial charge in [0.25, 0.3) is 0 Å². The van der Waals surface area contributed by atoms with Gasteiger partial charge >= 0.3 is 0 Å². The van der Waals surface area contributed by atoms with E-state index in [0.29, 0.717) is 6.04 Å². The van der Waals surface area contributed by atoms with E-state index in [0.717, 1.165) is 24.0 Å². The van der Waals surface area contributed by atoms with Crippen LogP contribution in [0.2, 0.25) is 0 Å². The molecule has 2 aliphatic rings. The summed E-state index contributed by atoms with van der Waals surface area (Å²) in [6.45, 7) is 4.54. The summed E-state index contributed by atoms with van der Waals surface area (Å²) in [7, 11) is 0. The van der Waals surface area contributed by atoms with Crippen LogP contribution < -0.4 is 5.32 Å². The lowest BCUT2D eigenvalue weighted by Crippen LogP contribution is -2.28. The number of aromatic nitrogens is 2.